The quantitative estimate of drug-likeness (QED) is 0.455. The summed E-state index contributed by atoms with van der Waals surface area (Å²) in [6.07, 6.45) is 8.06. The van der Waals surface area contributed by atoms with Gasteiger partial charge in [-0.25, -0.2) is 4.68 Å². The Labute approximate surface area is 208 Å². The molecule has 36 heavy (non-hydrogen) atoms. The summed E-state index contributed by atoms with van der Waals surface area (Å²) >= 11 is 0. The first-order chi connectivity index (χ1) is 17.5. The molecule has 0 aliphatic carbocycles. The summed E-state index contributed by atoms with van der Waals surface area (Å²) < 4.78 is 13.9. The van der Waals surface area contributed by atoms with Crippen molar-refractivity contribution in [3.8, 4) is 22.9 Å². The summed E-state index contributed by atoms with van der Waals surface area (Å²) in [5, 5.41) is 15.7. The van der Waals surface area contributed by atoms with Gasteiger partial charge in [-0.1, -0.05) is 6.07 Å². The fraction of sp³-hybridized carbons (Fsp3) is 0.308. The summed E-state index contributed by atoms with van der Waals surface area (Å²) in [5.41, 5.74) is 4.59. The minimum absolute atomic E-state index is 0.131. The van der Waals surface area contributed by atoms with E-state index < -0.39 is 0 Å². The van der Waals surface area contributed by atoms with Crippen LogP contribution >= 0.6 is 0 Å². The zero-order valence-corrected chi connectivity index (χ0v) is 20.6. The molecule has 5 rings (SSSR count). The maximum atomic E-state index is 12.7. The van der Waals surface area contributed by atoms with Gasteiger partial charge >= 0.3 is 0 Å². The Bertz CT molecular complexity index is 1420. The van der Waals surface area contributed by atoms with Crippen molar-refractivity contribution in [3.63, 3.8) is 0 Å². The number of ether oxygens (including phenoxy) is 2. The van der Waals surface area contributed by atoms with E-state index >= 15 is 0 Å². The highest BCUT2D eigenvalue weighted by atomic mass is 16.5. The van der Waals surface area contributed by atoms with Crippen LogP contribution in [0.3, 0.4) is 0 Å². The van der Waals surface area contributed by atoms with Crippen LogP contribution in [0.2, 0.25) is 0 Å². The lowest BCUT2D eigenvalue weighted by atomic mass is 10.1. The van der Waals surface area contributed by atoms with E-state index in [1.165, 1.54) is 0 Å². The van der Waals surface area contributed by atoms with E-state index in [1.807, 2.05) is 56.4 Å². The number of rotatable bonds is 4. The number of carbonyl (C=O) groups is 1. The monoisotopic (exact) mass is 487 g/mol. The normalized spacial score (nSPS) is 13.4. The SMILES string of the molecule is CN(C)CCNC(=O)c1ccc2c(c1)OCCCOc1c(cnn1C)-c1cc3c(n[nH]c3cn1)C=C2. The van der Waals surface area contributed by atoms with Crippen molar-refractivity contribution in [2.45, 2.75) is 6.42 Å². The first-order valence-corrected chi connectivity index (χ1v) is 11.9. The van der Waals surface area contributed by atoms with Crippen molar-refractivity contribution < 1.29 is 14.3 Å². The Kier molecular flexibility index (Phi) is 6.68. The van der Waals surface area contributed by atoms with Gasteiger partial charge in [0.2, 0.25) is 5.88 Å². The van der Waals surface area contributed by atoms with Crippen LogP contribution in [-0.4, -0.2) is 76.2 Å². The summed E-state index contributed by atoms with van der Waals surface area (Å²) in [4.78, 5) is 19.3. The van der Waals surface area contributed by atoms with Crippen LogP contribution in [0.1, 0.15) is 28.0 Å². The van der Waals surface area contributed by atoms with Crippen molar-refractivity contribution >= 4 is 29.0 Å². The smallest absolute Gasteiger partial charge is 0.251 e. The van der Waals surface area contributed by atoms with Gasteiger partial charge in [-0.15, -0.1) is 0 Å². The largest absolute Gasteiger partial charge is 0.493 e. The van der Waals surface area contributed by atoms with Crippen LogP contribution in [0.15, 0.2) is 36.7 Å². The number of hydrogen-bond acceptors (Lipinski definition) is 7. The number of hydrogen-bond donors (Lipinski definition) is 2. The molecule has 0 saturated carbocycles. The summed E-state index contributed by atoms with van der Waals surface area (Å²) in [6, 6.07) is 7.47. The zero-order chi connectivity index (χ0) is 25.1. The molecular weight excluding hydrogens is 458 g/mol. The standard InChI is InChI=1S/C26H29N7O3/c1-32(2)10-9-27-25(34)18-6-5-17-7-8-21-19-14-22(28-16-23(19)31-30-21)20-15-29-33(3)26(20)36-12-4-11-35-24(17)13-18/h5-8,13-16H,4,9-12H2,1-3H3,(H,27,34)(H,30,31). The molecule has 10 heteroatoms. The summed E-state index contributed by atoms with van der Waals surface area (Å²) in [5.74, 6) is 1.15. The van der Waals surface area contributed by atoms with Gasteiger partial charge in [0.15, 0.2) is 0 Å². The number of H-pyrrole nitrogens is 1. The Hall–Kier alpha value is -4.18. The van der Waals surface area contributed by atoms with Crippen LogP contribution in [0.25, 0.3) is 34.3 Å². The lowest BCUT2D eigenvalue weighted by Gasteiger charge is -2.13. The van der Waals surface area contributed by atoms with E-state index in [0.29, 0.717) is 43.4 Å². The van der Waals surface area contributed by atoms with Crippen LogP contribution in [-0.2, 0) is 7.05 Å². The fourth-order valence-electron chi connectivity index (χ4n) is 4.00. The zero-order valence-electron chi connectivity index (χ0n) is 20.6. The predicted octanol–water partition coefficient (Wildman–Crippen LogP) is 2.98. The van der Waals surface area contributed by atoms with Crippen LogP contribution in [0, 0.1) is 0 Å². The number of aromatic amines is 1. The van der Waals surface area contributed by atoms with Crippen LogP contribution in [0.4, 0.5) is 0 Å². The number of amides is 1. The van der Waals surface area contributed by atoms with Gasteiger partial charge in [0.25, 0.3) is 5.91 Å². The third-order valence-corrected chi connectivity index (χ3v) is 5.96. The molecule has 1 aromatic carbocycles. The Balaban J connectivity index is 1.49. The first kappa shape index (κ1) is 23.6. The summed E-state index contributed by atoms with van der Waals surface area (Å²) in [7, 11) is 5.79. The van der Waals surface area contributed by atoms with Gasteiger partial charge in [-0.05, 0) is 44.4 Å². The molecule has 4 aromatic rings. The van der Waals surface area contributed by atoms with E-state index in [9.17, 15) is 4.79 Å². The molecule has 2 N–H and O–H groups in total. The number of nitrogens with one attached hydrogen (secondary N) is 2. The number of aryl methyl sites for hydroxylation is 1. The third kappa shape index (κ3) is 4.94. The Morgan fingerprint density at radius 2 is 2.03 bits per heavy atom. The molecule has 0 radical (unpaired) electrons. The van der Waals surface area contributed by atoms with Crippen LogP contribution in [0.5, 0.6) is 11.6 Å². The van der Waals surface area contributed by atoms with Gasteiger partial charge in [-0.2, -0.15) is 10.2 Å². The Morgan fingerprint density at radius 3 is 2.89 bits per heavy atom. The molecule has 10 nitrogen and oxygen atoms in total. The number of fused-ring (bicyclic) bond motifs is 4. The number of likely N-dealkylation sites (N-methyl/N-ethyl adjacent to an activating group) is 1. The van der Waals surface area contributed by atoms with Gasteiger partial charge < -0.3 is 19.7 Å². The number of benzene rings is 1. The predicted molar refractivity (Wildman–Crippen MR) is 138 cm³/mol. The maximum absolute atomic E-state index is 12.7. The minimum atomic E-state index is -0.131. The van der Waals surface area contributed by atoms with E-state index in [2.05, 4.69) is 25.6 Å². The molecule has 1 aliphatic heterocycles. The second kappa shape index (κ2) is 10.2. The Morgan fingerprint density at radius 1 is 1.17 bits per heavy atom. The maximum Gasteiger partial charge on any atom is 0.251 e. The van der Waals surface area contributed by atoms with Crippen molar-refractivity contribution in [2.24, 2.45) is 7.05 Å². The van der Waals surface area contributed by atoms with E-state index in [-0.39, 0.29) is 5.91 Å². The minimum Gasteiger partial charge on any atom is -0.493 e. The molecule has 0 atom stereocenters. The highest BCUT2D eigenvalue weighted by Gasteiger charge is 2.16. The van der Waals surface area contributed by atoms with Gasteiger partial charge in [0.1, 0.15) is 5.75 Å². The lowest BCUT2D eigenvalue weighted by Crippen LogP contribution is -2.31. The van der Waals surface area contributed by atoms with Gasteiger partial charge in [0, 0.05) is 43.1 Å². The average Bonchev–Trinajstić information content (AvgIpc) is 3.44. The molecule has 1 aliphatic rings. The topological polar surface area (TPSA) is 110 Å². The molecular formula is C26H29N7O3. The van der Waals surface area contributed by atoms with Crippen molar-refractivity contribution in [2.75, 3.05) is 40.4 Å². The lowest BCUT2D eigenvalue weighted by molar-refractivity contribution is 0.0950. The molecule has 2 bridgehead atoms. The van der Waals surface area contributed by atoms with Gasteiger partial charge in [-0.3, -0.25) is 14.9 Å². The molecule has 4 heterocycles. The number of carbonyl (C=O) groups excluding carboxylic acids is 1. The number of aromatic nitrogens is 5. The fourth-order valence-corrected chi connectivity index (χ4v) is 4.00. The van der Waals surface area contributed by atoms with Crippen LogP contribution < -0.4 is 14.8 Å². The highest BCUT2D eigenvalue weighted by molar-refractivity contribution is 5.96. The van der Waals surface area contributed by atoms with E-state index in [1.54, 1.807) is 23.1 Å². The van der Waals surface area contributed by atoms with Crippen molar-refractivity contribution in [1.29, 1.82) is 0 Å². The van der Waals surface area contributed by atoms with Crippen molar-refractivity contribution in [1.82, 2.24) is 35.2 Å². The average molecular weight is 488 g/mol. The molecule has 3 aromatic heterocycles. The number of pyridine rings is 1. The first-order valence-electron chi connectivity index (χ1n) is 11.9. The van der Waals surface area contributed by atoms with E-state index in [4.69, 9.17) is 9.47 Å². The molecule has 0 saturated heterocycles. The number of nitrogens with zero attached hydrogens (tertiary/aromatic N) is 5. The highest BCUT2D eigenvalue weighted by Crippen LogP contribution is 2.31. The van der Waals surface area contributed by atoms with Gasteiger partial charge in [0.05, 0.1) is 48.1 Å². The second-order valence-electron chi connectivity index (χ2n) is 8.91. The molecule has 0 unspecified atom stereocenters. The summed E-state index contributed by atoms with van der Waals surface area (Å²) in [6.45, 7) is 2.21. The van der Waals surface area contributed by atoms with E-state index in [0.717, 1.165) is 40.0 Å². The molecule has 1 amide bonds. The molecule has 0 spiro atoms. The molecule has 186 valence electrons. The van der Waals surface area contributed by atoms with Crippen molar-refractivity contribution in [3.05, 3.63) is 53.5 Å². The second-order valence-corrected chi connectivity index (χ2v) is 8.91. The third-order valence-electron chi connectivity index (χ3n) is 5.96. The molecule has 0 fully saturated rings.